The van der Waals surface area contributed by atoms with Gasteiger partial charge in [0.15, 0.2) is 0 Å². The van der Waals surface area contributed by atoms with Crippen molar-refractivity contribution in [3.05, 3.63) is 168 Å². The molecule has 0 spiro atoms. The predicted molar refractivity (Wildman–Crippen MR) is 248 cm³/mol. The topological polar surface area (TPSA) is 300 Å². The number of pyridine rings is 2. The molecule has 0 aliphatic rings. The summed E-state index contributed by atoms with van der Waals surface area (Å²) < 4.78 is 3.42. The first-order valence-corrected chi connectivity index (χ1v) is 20.8. The first-order valence-electron chi connectivity index (χ1n) is 20.8. The van der Waals surface area contributed by atoms with E-state index < -0.39 is 23.9 Å². The van der Waals surface area contributed by atoms with Gasteiger partial charge in [-0.15, -0.1) is 9.97 Å². The molecule has 22 heteroatoms. The van der Waals surface area contributed by atoms with E-state index in [1.807, 2.05) is 87.0 Å². The van der Waals surface area contributed by atoms with Gasteiger partial charge in [0, 0.05) is 62.3 Å². The van der Waals surface area contributed by atoms with Gasteiger partial charge in [0.05, 0.1) is 48.7 Å². The van der Waals surface area contributed by atoms with Crippen LogP contribution in [0.2, 0.25) is 0 Å². The second kappa shape index (κ2) is 21.5. The molecule has 0 bridgehead atoms. The van der Waals surface area contributed by atoms with Crippen molar-refractivity contribution in [3.63, 3.8) is 0 Å². The molecule has 0 atom stereocenters. The molecule has 70 heavy (non-hydrogen) atoms. The number of nitrogens with zero attached hydrogens (tertiary/aromatic N) is 10. The van der Waals surface area contributed by atoms with E-state index in [0.29, 0.717) is 34.6 Å². The number of anilines is 10. The number of carbonyl (C=O) groups is 4. The van der Waals surface area contributed by atoms with Gasteiger partial charge in [-0.2, -0.15) is 0 Å². The van der Waals surface area contributed by atoms with E-state index >= 15 is 0 Å². The lowest BCUT2D eigenvalue weighted by Crippen LogP contribution is -2.33. The summed E-state index contributed by atoms with van der Waals surface area (Å²) in [6.07, 6.45) is 7.23. The summed E-state index contributed by atoms with van der Waals surface area (Å²) in [6.45, 7) is 0. The third-order valence-electron chi connectivity index (χ3n) is 9.87. The number of rotatable bonds is 16. The summed E-state index contributed by atoms with van der Waals surface area (Å²) in [5.74, 6) is -3.64. The van der Waals surface area contributed by atoms with Crippen molar-refractivity contribution < 1.29 is 48.7 Å². The van der Waals surface area contributed by atoms with Crippen molar-refractivity contribution in [1.82, 2.24) is 29.9 Å². The molecule has 4 aromatic carbocycles. The lowest BCUT2D eigenvalue weighted by atomic mass is 10.2. The Hall–Kier alpha value is -10.1. The number of benzene rings is 4. The summed E-state index contributed by atoms with van der Waals surface area (Å²) in [6, 6.07) is 31.4. The zero-order valence-corrected chi connectivity index (χ0v) is 37.6. The maximum absolute atomic E-state index is 11.0. The molecule has 22 nitrogen and oxygen atoms in total. The Labute approximate surface area is 398 Å². The highest BCUT2D eigenvalue weighted by Gasteiger charge is 2.20. The molecular formula is C48H40N14O8-2. The fourth-order valence-electron chi connectivity index (χ4n) is 6.16. The van der Waals surface area contributed by atoms with Crippen LogP contribution in [0, 0.1) is 0 Å². The third kappa shape index (κ3) is 12.6. The molecule has 0 radical (unpaired) electrons. The fraction of sp³-hybridized carbons (Fsp3) is 0.0833. The largest absolute Gasteiger partial charge is 0.545 e. The highest BCUT2D eigenvalue weighted by atomic mass is 16.4. The van der Waals surface area contributed by atoms with Crippen LogP contribution in [0.15, 0.2) is 146 Å². The Morgan fingerprint density at radius 3 is 0.757 bits per heavy atom. The molecule has 0 aliphatic heterocycles. The normalized spacial score (nSPS) is 10.5. The minimum atomic E-state index is -1.27. The van der Waals surface area contributed by atoms with Gasteiger partial charge < -0.3 is 70.7 Å². The molecule has 0 unspecified atom stereocenters. The Bertz CT molecular complexity index is 2770. The van der Waals surface area contributed by atoms with Crippen LogP contribution in [0.5, 0.6) is 0 Å². The van der Waals surface area contributed by atoms with E-state index in [2.05, 4.69) is 51.2 Å². The maximum Gasteiger partial charge on any atom is 0.444 e. The molecule has 352 valence electrons. The summed E-state index contributed by atoms with van der Waals surface area (Å²) in [5, 5.41) is 56.1. The summed E-state index contributed by atoms with van der Waals surface area (Å²) in [5.41, 5.74) is 4.41. The summed E-state index contributed by atoms with van der Waals surface area (Å²) in [7, 11) is 7.74. The van der Waals surface area contributed by atoms with Gasteiger partial charge in [-0.05, 0) is 115 Å². The molecule has 0 aliphatic carbocycles. The van der Waals surface area contributed by atoms with E-state index in [1.54, 1.807) is 57.7 Å². The smallest absolute Gasteiger partial charge is 0.444 e. The van der Waals surface area contributed by atoms with Gasteiger partial charge in [0.25, 0.3) is 0 Å². The number of aromatic carboxylic acids is 4. The first kappa shape index (κ1) is 47.8. The van der Waals surface area contributed by atoms with Gasteiger partial charge in [0.2, 0.25) is 0 Å². The van der Waals surface area contributed by atoms with Crippen LogP contribution in [0.3, 0.4) is 0 Å². The number of hydrogen-bond donors (Lipinski definition) is 4. The van der Waals surface area contributed by atoms with Crippen LogP contribution in [-0.2, 0) is 0 Å². The zero-order valence-electron chi connectivity index (χ0n) is 37.6. The molecule has 0 saturated heterocycles. The average molecular weight is 941 g/mol. The highest BCUT2D eigenvalue weighted by molar-refractivity contribution is 5.88. The molecule has 4 heterocycles. The fourth-order valence-corrected chi connectivity index (χ4v) is 6.16. The van der Waals surface area contributed by atoms with Crippen LogP contribution in [0.25, 0.3) is 11.9 Å². The lowest BCUT2D eigenvalue weighted by molar-refractivity contribution is -0.603. The molecule has 0 amide bonds. The van der Waals surface area contributed by atoms with E-state index in [-0.39, 0.29) is 46.0 Å². The van der Waals surface area contributed by atoms with E-state index in [0.717, 1.165) is 11.4 Å². The number of carbonyl (C=O) groups excluding carboxylic acids is 4. The van der Waals surface area contributed by atoms with Crippen LogP contribution >= 0.6 is 0 Å². The second-order valence-corrected chi connectivity index (χ2v) is 15.2. The Morgan fingerprint density at radius 2 is 0.571 bits per heavy atom. The van der Waals surface area contributed by atoms with Crippen molar-refractivity contribution >= 4 is 81.8 Å². The van der Waals surface area contributed by atoms with Crippen molar-refractivity contribution in [2.45, 2.75) is 0 Å². The van der Waals surface area contributed by atoms with E-state index in [9.17, 15) is 39.6 Å². The Morgan fingerprint density at radius 1 is 0.357 bits per heavy atom. The van der Waals surface area contributed by atoms with E-state index in [4.69, 9.17) is 0 Å². The second-order valence-electron chi connectivity index (χ2n) is 15.2. The summed E-state index contributed by atoms with van der Waals surface area (Å²) >= 11 is 0. The number of carboxylic acids is 4. The molecule has 8 rings (SSSR count). The first-order chi connectivity index (χ1) is 33.6. The predicted octanol–water partition coefficient (Wildman–Crippen LogP) is 0.857. The average Bonchev–Trinajstić information content (AvgIpc) is 3.35. The van der Waals surface area contributed by atoms with Gasteiger partial charge >= 0.3 is 35.7 Å². The van der Waals surface area contributed by atoms with Crippen molar-refractivity contribution in [1.29, 1.82) is 0 Å². The third-order valence-corrected chi connectivity index (χ3v) is 9.87. The number of hydrogen-bond acceptors (Lipinski definition) is 20. The Kier molecular flexibility index (Phi) is 14.7. The molecule has 4 aromatic heterocycles. The lowest BCUT2D eigenvalue weighted by Gasteiger charge is -2.11. The molecular weight excluding hydrogens is 901 g/mol. The number of nitrogens with one attached hydrogen (secondary N) is 4. The standard InChI is InChI=1S/2C24H21N7O4/c2*1-30(2)19-11-13-31(14-12-19)24-28-22(25-17-7-3-15(4-8-17)20(32)33)27-23(29-24)26-18-9-5-16(6-10-18)21(34)35/h2*3-14H,1-2H3,(H3-,25,26,27,28,29,32,33,34,35)/p-2. The molecule has 4 N–H and O–H groups in total. The SMILES string of the molecule is CN(C)c1cc[n+](-c2nc(Nc3ccc(C(=O)[O-])cc3)nc(Nc3ccc(C(=O)[O-])cc3)n2)cc1.CN(C)c1cc[n+](-c2nc(Nc3ccc(C(=O)[O-])cc3)nc(Nc3ccc(C(=O)[O-])cc3)n2)cc1. The van der Waals surface area contributed by atoms with Gasteiger partial charge in [-0.25, -0.2) is 9.13 Å². The van der Waals surface area contributed by atoms with E-state index in [1.165, 1.54) is 48.5 Å². The van der Waals surface area contributed by atoms with Gasteiger partial charge in [0.1, 0.15) is 0 Å². The monoisotopic (exact) mass is 940 g/mol. The number of aromatic nitrogens is 8. The van der Waals surface area contributed by atoms with Crippen LogP contribution in [0.4, 0.5) is 57.9 Å². The van der Waals surface area contributed by atoms with Crippen molar-refractivity contribution in [2.75, 3.05) is 59.3 Å². The minimum Gasteiger partial charge on any atom is -0.545 e. The Balaban J connectivity index is 0.000000206. The number of carboxylic acid groups (broad SMARTS) is 4. The minimum absolute atomic E-state index is 0.0470. The molecule has 0 fully saturated rings. The maximum atomic E-state index is 11.0. The molecule has 8 aromatic rings. The van der Waals surface area contributed by atoms with Crippen LogP contribution < -0.4 is 60.6 Å². The van der Waals surface area contributed by atoms with Gasteiger partial charge in [-0.3, -0.25) is 0 Å². The summed E-state index contributed by atoms with van der Waals surface area (Å²) in [4.78, 5) is 74.6. The quantitative estimate of drug-likeness (QED) is 0.0977. The van der Waals surface area contributed by atoms with Crippen molar-refractivity contribution in [2.24, 2.45) is 0 Å². The highest BCUT2D eigenvalue weighted by Crippen LogP contribution is 2.21. The van der Waals surface area contributed by atoms with Gasteiger partial charge in [-0.1, -0.05) is 48.5 Å². The molecule has 0 saturated carbocycles. The van der Waals surface area contributed by atoms with Crippen molar-refractivity contribution in [3.8, 4) is 11.9 Å². The van der Waals surface area contributed by atoms with Crippen LogP contribution in [0.1, 0.15) is 41.4 Å². The zero-order chi connectivity index (χ0) is 49.9. The van der Waals surface area contributed by atoms with Crippen LogP contribution in [-0.4, -0.2) is 82.0 Å².